The lowest BCUT2D eigenvalue weighted by Crippen LogP contribution is -2.43. The van der Waals surface area contributed by atoms with E-state index in [1.54, 1.807) is 12.1 Å². The minimum absolute atomic E-state index is 0.156. The molecule has 1 atom stereocenters. The van der Waals surface area contributed by atoms with E-state index in [1.807, 2.05) is 13.8 Å². The second kappa shape index (κ2) is 8.57. The van der Waals surface area contributed by atoms with Crippen LogP contribution in [0, 0.1) is 19.8 Å². The average Bonchev–Trinajstić information content (AvgIpc) is 3.16. The van der Waals surface area contributed by atoms with E-state index in [-0.39, 0.29) is 17.3 Å². The summed E-state index contributed by atoms with van der Waals surface area (Å²) in [5.74, 6) is -0.0178. The van der Waals surface area contributed by atoms with Crippen molar-refractivity contribution in [1.82, 2.24) is 9.29 Å². The van der Waals surface area contributed by atoms with Crippen molar-refractivity contribution in [2.24, 2.45) is 5.92 Å². The molecule has 0 spiro atoms. The zero-order chi connectivity index (χ0) is 22.2. The highest BCUT2D eigenvalue weighted by molar-refractivity contribution is 7.89. The van der Waals surface area contributed by atoms with Crippen LogP contribution in [0.1, 0.15) is 24.0 Å². The first-order chi connectivity index (χ1) is 14.8. The first-order valence-electron chi connectivity index (χ1n) is 10.1. The molecule has 31 heavy (non-hydrogen) atoms. The molecule has 0 saturated carbocycles. The summed E-state index contributed by atoms with van der Waals surface area (Å²) in [6, 6.07) is 10.4. The van der Waals surface area contributed by atoms with Gasteiger partial charge >= 0.3 is 0 Å². The first kappa shape index (κ1) is 21.7. The SMILES string of the molecule is COc1ccc(S(=O)(=O)N2CCCC(C(=O)Nc3nc4c(C)cc(C)cc4s3)C2)cc1. The maximum Gasteiger partial charge on any atom is 0.243 e. The second-order valence-corrected chi connectivity index (χ2v) is 10.8. The highest BCUT2D eigenvalue weighted by Gasteiger charge is 2.33. The number of piperidine rings is 1. The number of aryl methyl sites for hydroxylation is 2. The number of rotatable bonds is 5. The molecule has 1 saturated heterocycles. The molecule has 9 heteroatoms. The first-order valence-corrected chi connectivity index (χ1v) is 12.4. The number of nitrogens with one attached hydrogen (secondary N) is 1. The Kier molecular flexibility index (Phi) is 6.00. The average molecular weight is 460 g/mol. The summed E-state index contributed by atoms with van der Waals surface area (Å²) < 4.78 is 33.6. The fourth-order valence-electron chi connectivity index (χ4n) is 3.90. The molecule has 0 aliphatic carbocycles. The summed E-state index contributed by atoms with van der Waals surface area (Å²) in [7, 11) is -2.14. The summed E-state index contributed by atoms with van der Waals surface area (Å²) in [5.41, 5.74) is 3.11. The Morgan fingerprint density at radius 1 is 1.23 bits per heavy atom. The van der Waals surface area contributed by atoms with Crippen molar-refractivity contribution in [3.05, 3.63) is 47.5 Å². The maximum atomic E-state index is 13.0. The monoisotopic (exact) mass is 459 g/mol. The van der Waals surface area contributed by atoms with Gasteiger partial charge in [-0.25, -0.2) is 13.4 Å². The van der Waals surface area contributed by atoms with Crippen molar-refractivity contribution in [2.45, 2.75) is 31.6 Å². The van der Waals surface area contributed by atoms with Gasteiger partial charge in [-0.15, -0.1) is 0 Å². The van der Waals surface area contributed by atoms with E-state index in [0.717, 1.165) is 21.3 Å². The molecule has 4 rings (SSSR count). The van der Waals surface area contributed by atoms with E-state index in [2.05, 4.69) is 22.4 Å². The van der Waals surface area contributed by atoms with Crippen molar-refractivity contribution in [1.29, 1.82) is 0 Å². The van der Waals surface area contributed by atoms with E-state index in [4.69, 9.17) is 4.74 Å². The van der Waals surface area contributed by atoms with Crippen LogP contribution in [0.5, 0.6) is 5.75 Å². The van der Waals surface area contributed by atoms with Crippen LogP contribution in [0.25, 0.3) is 10.2 Å². The number of thiazole rings is 1. The smallest absolute Gasteiger partial charge is 0.243 e. The number of fused-ring (bicyclic) bond motifs is 1. The van der Waals surface area contributed by atoms with E-state index in [9.17, 15) is 13.2 Å². The Morgan fingerprint density at radius 2 is 1.97 bits per heavy atom. The number of aromatic nitrogens is 1. The topological polar surface area (TPSA) is 88.6 Å². The van der Waals surface area contributed by atoms with Gasteiger partial charge in [-0.05, 0) is 68.1 Å². The number of nitrogens with zero attached hydrogens (tertiary/aromatic N) is 2. The third-order valence-corrected chi connectivity index (χ3v) is 8.31. The fourth-order valence-corrected chi connectivity index (χ4v) is 6.47. The van der Waals surface area contributed by atoms with Gasteiger partial charge in [0.2, 0.25) is 15.9 Å². The highest BCUT2D eigenvalue weighted by Crippen LogP contribution is 2.31. The second-order valence-electron chi connectivity index (χ2n) is 7.81. The minimum atomic E-state index is -3.67. The molecule has 0 radical (unpaired) electrons. The Balaban J connectivity index is 1.49. The van der Waals surface area contributed by atoms with Crippen molar-refractivity contribution < 1.29 is 17.9 Å². The molecule has 1 N–H and O–H groups in total. The van der Waals surface area contributed by atoms with Gasteiger partial charge in [0.05, 0.1) is 28.1 Å². The molecule has 3 aromatic rings. The lowest BCUT2D eigenvalue weighted by Gasteiger charge is -2.31. The molecule has 1 fully saturated rings. The number of carbonyl (C=O) groups excluding carboxylic acids is 1. The van der Waals surface area contributed by atoms with E-state index >= 15 is 0 Å². The molecule has 0 bridgehead atoms. The van der Waals surface area contributed by atoms with Crippen LogP contribution in [0.2, 0.25) is 0 Å². The van der Waals surface area contributed by atoms with E-state index in [1.165, 1.54) is 34.9 Å². The zero-order valence-electron chi connectivity index (χ0n) is 17.7. The summed E-state index contributed by atoms with van der Waals surface area (Å²) in [5, 5.41) is 3.45. The third kappa shape index (κ3) is 4.44. The molecule has 1 aliphatic rings. The van der Waals surface area contributed by atoms with Crippen LogP contribution in [0.15, 0.2) is 41.3 Å². The largest absolute Gasteiger partial charge is 0.497 e. The quantitative estimate of drug-likeness (QED) is 0.624. The highest BCUT2D eigenvalue weighted by atomic mass is 32.2. The third-order valence-electron chi connectivity index (χ3n) is 5.51. The minimum Gasteiger partial charge on any atom is -0.497 e. The molecule has 1 unspecified atom stereocenters. The van der Waals surface area contributed by atoms with Crippen LogP contribution in [0.4, 0.5) is 5.13 Å². The number of ether oxygens (including phenoxy) is 1. The lowest BCUT2D eigenvalue weighted by molar-refractivity contribution is -0.120. The van der Waals surface area contributed by atoms with Gasteiger partial charge in [0.1, 0.15) is 5.75 Å². The predicted molar refractivity (Wildman–Crippen MR) is 122 cm³/mol. The molecule has 1 amide bonds. The molecule has 1 aromatic heterocycles. The molecular weight excluding hydrogens is 434 g/mol. The molecular formula is C22H25N3O4S2. The molecule has 2 aromatic carbocycles. The van der Waals surface area contributed by atoms with Gasteiger partial charge in [0.25, 0.3) is 0 Å². The summed E-state index contributed by atoms with van der Waals surface area (Å²) in [6.45, 7) is 4.59. The Morgan fingerprint density at radius 3 is 2.68 bits per heavy atom. The van der Waals surface area contributed by atoms with Crippen molar-refractivity contribution in [2.75, 3.05) is 25.5 Å². The van der Waals surface area contributed by atoms with Crippen molar-refractivity contribution in [3.8, 4) is 5.75 Å². The fraction of sp³-hybridized carbons (Fsp3) is 0.364. The van der Waals surface area contributed by atoms with Crippen LogP contribution >= 0.6 is 11.3 Å². The summed E-state index contributed by atoms with van der Waals surface area (Å²) in [4.78, 5) is 17.7. The van der Waals surface area contributed by atoms with Crippen molar-refractivity contribution in [3.63, 3.8) is 0 Å². The molecule has 2 heterocycles. The van der Waals surface area contributed by atoms with Gasteiger partial charge in [-0.1, -0.05) is 17.4 Å². The van der Waals surface area contributed by atoms with Crippen LogP contribution in [-0.4, -0.2) is 43.8 Å². The number of hydrogen-bond acceptors (Lipinski definition) is 6. The molecule has 164 valence electrons. The Bertz CT molecular complexity index is 1220. The number of anilines is 1. The summed E-state index contributed by atoms with van der Waals surface area (Å²) >= 11 is 1.44. The maximum absolute atomic E-state index is 13.0. The zero-order valence-corrected chi connectivity index (χ0v) is 19.3. The van der Waals surface area contributed by atoms with Crippen LogP contribution in [-0.2, 0) is 14.8 Å². The standard InChI is InChI=1S/C22H25N3O4S2/c1-14-11-15(2)20-19(12-14)30-22(23-20)24-21(26)16-5-4-10-25(13-16)31(27,28)18-8-6-17(29-3)7-9-18/h6-9,11-12,16H,4-5,10,13H2,1-3H3,(H,23,24,26). The number of sulfonamides is 1. The number of carbonyl (C=O) groups is 1. The Hall–Kier alpha value is -2.49. The molecule has 7 nitrogen and oxygen atoms in total. The number of methoxy groups -OCH3 is 1. The van der Waals surface area contributed by atoms with Gasteiger partial charge in [0.15, 0.2) is 5.13 Å². The predicted octanol–water partition coefficient (Wildman–Crippen LogP) is 3.96. The number of hydrogen-bond donors (Lipinski definition) is 1. The van der Waals surface area contributed by atoms with Gasteiger partial charge in [-0.2, -0.15) is 4.31 Å². The van der Waals surface area contributed by atoms with Crippen LogP contribution < -0.4 is 10.1 Å². The van der Waals surface area contributed by atoms with Crippen LogP contribution in [0.3, 0.4) is 0 Å². The Labute approximate surface area is 186 Å². The number of benzene rings is 2. The van der Waals surface area contributed by atoms with E-state index in [0.29, 0.717) is 30.3 Å². The van der Waals surface area contributed by atoms with Gasteiger partial charge < -0.3 is 10.1 Å². The van der Waals surface area contributed by atoms with E-state index < -0.39 is 15.9 Å². The lowest BCUT2D eigenvalue weighted by atomic mass is 9.99. The summed E-state index contributed by atoms with van der Waals surface area (Å²) in [6.07, 6.45) is 1.27. The number of amides is 1. The molecule has 1 aliphatic heterocycles. The normalized spacial score (nSPS) is 17.6. The van der Waals surface area contributed by atoms with Gasteiger partial charge in [-0.3, -0.25) is 4.79 Å². The van der Waals surface area contributed by atoms with Gasteiger partial charge in [0, 0.05) is 13.1 Å². The van der Waals surface area contributed by atoms with Crippen molar-refractivity contribution >= 4 is 42.6 Å².